The standard InChI is InChI=1S/C19H24ClN3OS/c1-13-16(20)9-6-10-17(13)22-19(25)21-12-18(23(2)3)14-7-5-8-15(11-14)24-4/h5-11,18H,12H2,1-4H3,(H2,21,22,25)/p+1/t18-/m0/s1. The number of methoxy groups -OCH3 is 1. The Balaban J connectivity index is 2.03. The average Bonchev–Trinajstić information content (AvgIpc) is 2.59. The number of hydrogen-bond acceptors (Lipinski definition) is 2. The van der Waals surface area contributed by atoms with Gasteiger partial charge in [-0.1, -0.05) is 29.8 Å². The number of quaternary nitrogens is 1. The maximum absolute atomic E-state index is 6.16. The van der Waals surface area contributed by atoms with E-state index in [1.165, 1.54) is 10.5 Å². The van der Waals surface area contributed by atoms with Crippen molar-refractivity contribution in [3.8, 4) is 5.75 Å². The summed E-state index contributed by atoms with van der Waals surface area (Å²) in [5.74, 6) is 0.860. The minimum absolute atomic E-state index is 0.246. The maximum Gasteiger partial charge on any atom is 0.171 e. The molecule has 6 heteroatoms. The first-order valence-corrected chi connectivity index (χ1v) is 8.95. The van der Waals surface area contributed by atoms with E-state index in [4.69, 9.17) is 28.6 Å². The van der Waals surface area contributed by atoms with Crippen LogP contribution in [0.3, 0.4) is 0 Å². The Kier molecular flexibility index (Phi) is 7.05. The Hall–Kier alpha value is -1.82. The molecular weight excluding hydrogens is 354 g/mol. The number of likely N-dealkylation sites (N-methyl/N-ethyl adjacent to an activating group) is 1. The predicted octanol–water partition coefficient (Wildman–Crippen LogP) is 2.83. The molecule has 0 fully saturated rings. The number of anilines is 1. The molecule has 3 N–H and O–H groups in total. The highest BCUT2D eigenvalue weighted by Crippen LogP contribution is 2.23. The van der Waals surface area contributed by atoms with Gasteiger partial charge in [-0.25, -0.2) is 0 Å². The Morgan fingerprint density at radius 1 is 1.24 bits per heavy atom. The van der Waals surface area contributed by atoms with Gasteiger partial charge in [0.1, 0.15) is 11.8 Å². The van der Waals surface area contributed by atoms with Gasteiger partial charge in [0.25, 0.3) is 0 Å². The van der Waals surface area contributed by atoms with Crippen LogP contribution in [-0.4, -0.2) is 32.9 Å². The number of ether oxygens (including phenoxy) is 1. The highest BCUT2D eigenvalue weighted by Gasteiger charge is 2.18. The number of halogens is 1. The van der Waals surface area contributed by atoms with Gasteiger partial charge < -0.3 is 20.3 Å². The third kappa shape index (κ3) is 5.33. The summed E-state index contributed by atoms with van der Waals surface area (Å²) < 4.78 is 5.33. The average molecular weight is 379 g/mol. The van der Waals surface area contributed by atoms with Crippen molar-refractivity contribution in [2.45, 2.75) is 13.0 Å². The van der Waals surface area contributed by atoms with E-state index >= 15 is 0 Å². The van der Waals surface area contributed by atoms with Crippen molar-refractivity contribution in [2.75, 3.05) is 33.1 Å². The Morgan fingerprint density at radius 3 is 2.64 bits per heavy atom. The van der Waals surface area contributed by atoms with Crippen molar-refractivity contribution in [1.29, 1.82) is 0 Å². The van der Waals surface area contributed by atoms with Crippen molar-refractivity contribution >= 4 is 34.6 Å². The van der Waals surface area contributed by atoms with Crippen LogP contribution in [0.4, 0.5) is 5.69 Å². The molecule has 134 valence electrons. The third-order valence-electron chi connectivity index (χ3n) is 4.18. The molecule has 0 spiro atoms. The highest BCUT2D eigenvalue weighted by molar-refractivity contribution is 7.80. The number of nitrogens with one attached hydrogen (secondary N) is 3. The van der Waals surface area contributed by atoms with E-state index in [-0.39, 0.29) is 6.04 Å². The van der Waals surface area contributed by atoms with Gasteiger partial charge in [-0.05, 0) is 49.0 Å². The Labute approximate surface area is 160 Å². The van der Waals surface area contributed by atoms with Crippen LogP contribution >= 0.6 is 23.8 Å². The van der Waals surface area contributed by atoms with Crippen molar-refractivity contribution in [3.05, 3.63) is 58.6 Å². The molecular formula is C19H25ClN3OS+. The second kappa shape index (κ2) is 9.04. The van der Waals surface area contributed by atoms with Crippen LogP contribution < -0.4 is 20.3 Å². The first-order chi connectivity index (χ1) is 11.9. The summed E-state index contributed by atoms with van der Waals surface area (Å²) in [6, 6.07) is 14.1. The lowest BCUT2D eigenvalue weighted by atomic mass is 10.1. The fourth-order valence-electron chi connectivity index (χ4n) is 2.62. The lowest BCUT2D eigenvalue weighted by molar-refractivity contribution is -0.890. The molecule has 0 aliphatic carbocycles. The Bertz CT molecular complexity index is 736. The lowest BCUT2D eigenvalue weighted by Gasteiger charge is -2.23. The van der Waals surface area contributed by atoms with Crippen LogP contribution in [-0.2, 0) is 0 Å². The smallest absolute Gasteiger partial charge is 0.171 e. The van der Waals surface area contributed by atoms with Gasteiger partial charge in [0.05, 0.1) is 27.7 Å². The van der Waals surface area contributed by atoms with E-state index in [1.54, 1.807) is 7.11 Å². The molecule has 0 bridgehead atoms. The zero-order valence-corrected chi connectivity index (χ0v) is 16.6. The fraction of sp³-hybridized carbons (Fsp3) is 0.316. The molecule has 0 aliphatic heterocycles. The molecule has 0 heterocycles. The largest absolute Gasteiger partial charge is 0.497 e. The number of hydrogen-bond donors (Lipinski definition) is 3. The molecule has 4 nitrogen and oxygen atoms in total. The van der Waals surface area contributed by atoms with Gasteiger partial charge in [-0.2, -0.15) is 0 Å². The van der Waals surface area contributed by atoms with Crippen LogP contribution in [0.1, 0.15) is 17.2 Å². The van der Waals surface area contributed by atoms with Crippen LogP contribution in [0.2, 0.25) is 5.02 Å². The van der Waals surface area contributed by atoms with E-state index in [2.05, 4.69) is 36.9 Å². The fourth-order valence-corrected chi connectivity index (χ4v) is 2.99. The summed E-state index contributed by atoms with van der Waals surface area (Å²) in [5.41, 5.74) is 3.10. The maximum atomic E-state index is 6.16. The molecule has 0 amide bonds. The van der Waals surface area contributed by atoms with E-state index in [0.29, 0.717) is 11.7 Å². The van der Waals surface area contributed by atoms with Crippen LogP contribution in [0, 0.1) is 6.92 Å². The van der Waals surface area contributed by atoms with Crippen LogP contribution in [0.15, 0.2) is 42.5 Å². The van der Waals surface area contributed by atoms with Crippen molar-refractivity contribution < 1.29 is 9.64 Å². The van der Waals surface area contributed by atoms with E-state index in [9.17, 15) is 0 Å². The molecule has 2 rings (SSSR count). The van der Waals surface area contributed by atoms with Gasteiger partial charge in [-0.3, -0.25) is 0 Å². The van der Waals surface area contributed by atoms with E-state index in [1.807, 2.05) is 37.3 Å². The molecule has 1 atom stereocenters. The molecule has 0 saturated carbocycles. The summed E-state index contributed by atoms with van der Waals surface area (Å²) in [7, 11) is 5.94. The molecule has 0 radical (unpaired) electrons. The molecule has 0 aliphatic rings. The predicted molar refractivity (Wildman–Crippen MR) is 109 cm³/mol. The van der Waals surface area contributed by atoms with Gasteiger partial charge in [-0.15, -0.1) is 0 Å². The lowest BCUT2D eigenvalue weighted by Crippen LogP contribution is -3.07. The Morgan fingerprint density at radius 2 is 1.96 bits per heavy atom. The second-order valence-electron chi connectivity index (χ2n) is 6.15. The van der Waals surface area contributed by atoms with Crippen LogP contribution in [0.25, 0.3) is 0 Å². The summed E-state index contributed by atoms with van der Waals surface area (Å²) in [6.07, 6.45) is 0. The number of benzene rings is 2. The van der Waals surface area contributed by atoms with Crippen molar-refractivity contribution in [1.82, 2.24) is 5.32 Å². The summed E-state index contributed by atoms with van der Waals surface area (Å²) in [4.78, 5) is 1.31. The minimum atomic E-state index is 0.246. The molecule has 25 heavy (non-hydrogen) atoms. The monoisotopic (exact) mass is 378 g/mol. The van der Waals surface area contributed by atoms with Gasteiger partial charge in [0.15, 0.2) is 5.11 Å². The van der Waals surface area contributed by atoms with Crippen molar-refractivity contribution in [3.63, 3.8) is 0 Å². The van der Waals surface area contributed by atoms with Gasteiger partial charge in [0, 0.05) is 16.3 Å². The topological polar surface area (TPSA) is 37.7 Å². The van der Waals surface area contributed by atoms with Crippen molar-refractivity contribution in [2.24, 2.45) is 0 Å². The van der Waals surface area contributed by atoms with E-state index < -0.39 is 0 Å². The summed E-state index contributed by atoms with van der Waals surface area (Å²) in [5, 5.41) is 7.84. The molecule has 2 aromatic rings. The van der Waals surface area contributed by atoms with Gasteiger partial charge in [0.2, 0.25) is 0 Å². The number of rotatable bonds is 6. The summed E-state index contributed by atoms with van der Waals surface area (Å²) in [6.45, 7) is 2.68. The zero-order valence-electron chi connectivity index (χ0n) is 15.0. The first kappa shape index (κ1) is 19.5. The summed E-state index contributed by atoms with van der Waals surface area (Å²) >= 11 is 11.6. The molecule has 2 aromatic carbocycles. The van der Waals surface area contributed by atoms with Crippen LogP contribution in [0.5, 0.6) is 5.75 Å². The zero-order chi connectivity index (χ0) is 18.4. The highest BCUT2D eigenvalue weighted by atomic mass is 35.5. The minimum Gasteiger partial charge on any atom is -0.497 e. The second-order valence-corrected chi connectivity index (χ2v) is 6.97. The molecule has 0 unspecified atom stereocenters. The third-order valence-corrected chi connectivity index (χ3v) is 4.83. The van der Waals surface area contributed by atoms with Gasteiger partial charge >= 0.3 is 0 Å². The normalized spacial score (nSPS) is 11.9. The SMILES string of the molecule is COc1cccc([C@H](CNC(=S)Nc2cccc(Cl)c2C)[NH+](C)C)c1. The first-order valence-electron chi connectivity index (χ1n) is 8.16. The van der Waals surface area contributed by atoms with E-state index in [0.717, 1.165) is 22.0 Å². The quantitative estimate of drug-likeness (QED) is 0.676. The molecule has 0 saturated heterocycles. The number of thiocarbonyl (C=S) groups is 1. The molecule has 0 aromatic heterocycles.